The highest BCUT2D eigenvalue weighted by molar-refractivity contribution is 5.91. The quantitative estimate of drug-likeness (QED) is 0.878. The molecule has 2 fully saturated rings. The number of furan rings is 1. The lowest BCUT2D eigenvalue weighted by atomic mass is 10.3. The number of amides is 3. The second-order valence-corrected chi connectivity index (χ2v) is 5.21. The second kappa shape index (κ2) is 6.17. The fourth-order valence-corrected chi connectivity index (χ4v) is 2.59. The summed E-state index contributed by atoms with van der Waals surface area (Å²) in [5, 5.41) is 2.86. The molecule has 3 amide bonds. The van der Waals surface area contributed by atoms with Gasteiger partial charge in [-0.1, -0.05) is 0 Å². The molecular formula is C14H19N3O4. The zero-order valence-corrected chi connectivity index (χ0v) is 11.8. The van der Waals surface area contributed by atoms with Gasteiger partial charge in [-0.05, 0) is 25.0 Å². The molecule has 7 nitrogen and oxygen atoms in total. The van der Waals surface area contributed by atoms with E-state index in [2.05, 4.69) is 5.32 Å². The standard InChI is InChI=1S/C14H19N3O4/c18-13(11-3-1-9-20-11)16-5-7-17(8-6-16)14(19)15-12-4-2-10-21-12/h1,3,9,12H,2,4-8,10H2,(H,15,19). The fraction of sp³-hybridized carbons (Fsp3) is 0.571. The summed E-state index contributed by atoms with van der Waals surface area (Å²) in [4.78, 5) is 27.6. The Hall–Kier alpha value is -2.02. The molecule has 1 aromatic heterocycles. The molecule has 0 bridgehead atoms. The molecule has 2 saturated heterocycles. The lowest BCUT2D eigenvalue weighted by Gasteiger charge is -2.34. The van der Waals surface area contributed by atoms with Gasteiger partial charge in [-0.2, -0.15) is 0 Å². The number of hydrogen-bond donors (Lipinski definition) is 1. The predicted molar refractivity (Wildman–Crippen MR) is 73.7 cm³/mol. The van der Waals surface area contributed by atoms with Crippen LogP contribution < -0.4 is 5.32 Å². The van der Waals surface area contributed by atoms with Gasteiger partial charge >= 0.3 is 6.03 Å². The highest BCUT2D eigenvalue weighted by Crippen LogP contribution is 2.12. The number of carbonyl (C=O) groups excluding carboxylic acids is 2. The first-order valence-corrected chi connectivity index (χ1v) is 7.24. The number of hydrogen-bond acceptors (Lipinski definition) is 4. The van der Waals surface area contributed by atoms with Crippen LogP contribution in [-0.4, -0.2) is 60.8 Å². The van der Waals surface area contributed by atoms with Crippen molar-refractivity contribution in [2.45, 2.75) is 19.1 Å². The molecule has 114 valence electrons. The van der Waals surface area contributed by atoms with Crippen LogP contribution in [-0.2, 0) is 4.74 Å². The predicted octanol–water partition coefficient (Wildman–Crippen LogP) is 0.883. The van der Waals surface area contributed by atoms with Crippen molar-refractivity contribution in [2.75, 3.05) is 32.8 Å². The van der Waals surface area contributed by atoms with E-state index < -0.39 is 0 Å². The van der Waals surface area contributed by atoms with Crippen LogP contribution in [0.3, 0.4) is 0 Å². The van der Waals surface area contributed by atoms with Crippen molar-refractivity contribution in [1.82, 2.24) is 15.1 Å². The Kier molecular flexibility index (Phi) is 4.10. The molecule has 7 heteroatoms. The Morgan fingerprint density at radius 3 is 2.57 bits per heavy atom. The maximum atomic E-state index is 12.1. The zero-order valence-electron chi connectivity index (χ0n) is 11.8. The molecule has 0 spiro atoms. The zero-order chi connectivity index (χ0) is 14.7. The minimum absolute atomic E-state index is 0.119. The van der Waals surface area contributed by atoms with Crippen molar-refractivity contribution in [3.8, 4) is 0 Å². The lowest BCUT2D eigenvalue weighted by molar-refractivity contribution is 0.0589. The van der Waals surface area contributed by atoms with Gasteiger partial charge in [-0.3, -0.25) is 4.79 Å². The highest BCUT2D eigenvalue weighted by Gasteiger charge is 2.27. The normalized spacial score (nSPS) is 22.4. The summed E-state index contributed by atoms with van der Waals surface area (Å²) in [6, 6.07) is 3.23. The smallest absolute Gasteiger partial charge is 0.319 e. The fourth-order valence-electron chi connectivity index (χ4n) is 2.59. The molecule has 2 aliphatic heterocycles. The third-order valence-electron chi connectivity index (χ3n) is 3.80. The van der Waals surface area contributed by atoms with E-state index in [0.29, 0.717) is 38.5 Å². The van der Waals surface area contributed by atoms with E-state index in [9.17, 15) is 9.59 Å². The van der Waals surface area contributed by atoms with Gasteiger partial charge in [0.15, 0.2) is 5.76 Å². The molecule has 0 aliphatic carbocycles. The van der Waals surface area contributed by atoms with Crippen molar-refractivity contribution < 1.29 is 18.7 Å². The third-order valence-corrected chi connectivity index (χ3v) is 3.80. The number of carbonyl (C=O) groups is 2. The maximum Gasteiger partial charge on any atom is 0.319 e. The molecule has 0 radical (unpaired) electrons. The minimum atomic E-state index is -0.166. The Morgan fingerprint density at radius 1 is 1.19 bits per heavy atom. The van der Waals surface area contributed by atoms with Crippen LogP contribution in [0, 0.1) is 0 Å². The minimum Gasteiger partial charge on any atom is -0.459 e. The average molecular weight is 293 g/mol. The van der Waals surface area contributed by atoms with E-state index in [4.69, 9.17) is 9.15 Å². The van der Waals surface area contributed by atoms with Gasteiger partial charge in [0, 0.05) is 32.8 Å². The molecule has 1 aromatic rings. The average Bonchev–Trinajstić information content (AvgIpc) is 3.20. The first kappa shape index (κ1) is 13.9. The van der Waals surface area contributed by atoms with Crippen molar-refractivity contribution in [3.63, 3.8) is 0 Å². The summed E-state index contributed by atoms with van der Waals surface area (Å²) >= 11 is 0. The van der Waals surface area contributed by atoms with E-state index in [-0.39, 0.29) is 18.2 Å². The van der Waals surface area contributed by atoms with Gasteiger partial charge in [0.05, 0.1) is 6.26 Å². The molecule has 21 heavy (non-hydrogen) atoms. The number of rotatable bonds is 2. The summed E-state index contributed by atoms with van der Waals surface area (Å²) in [5.74, 6) is 0.214. The second-order valence-electron chi connectivity index (χ2n) is 5.21. The van der Waals surface area contributed by atoms with E-state index in [1.165, 1.54) is 6.26 Å². The molecule has 3 rings (SSSR count). The first-order chi connectivity index (χ1) is 10.2. The van der Waals surface area contributed by atoms with E-state index in [1.54, 1.807) is 21.9 Å². The molecule has 3 heterocycles. The lowest BCUT2D eigenvalue weighted by Crippen LogP contribution is -2.54. The summed E-state index contributed by atoms with van der Waals surface area (Å²) in [7, 11) is 0. The van der Waals surface area contributed by atoms with Gasteiger partial charge < -0.3 is 24.3 Å². The van der Waals surface area contributed by atoms with Crippen LogP contribution in [0.2, 0.25) is 0 Å². The van der Waals surface area contributed by atoms with Crippen LogP contribution in [0.1, 0.15) is 23.4 Å². The SMILES string of the molecule is O=C(NC1CCCO1)N1CCN(C(=O)c2ccco2)CC1. The van der Waals surface area contributed by atoms with Gasteiger partial charge in [-0.15, -0.1) is 0 Å². The molecular weight excluding hydrogens is 274 g/mol. The maximum absolute atomic E-state index is 12.1. The van der Waals surface area contributed by atoms with Crippen LogP contribution in [0.4, 0.5) is 4.79 Å². The monoisotopic (exact) mass is 293 g/mol. The summed E-state index contributed by atoms with van der Waals surface area (Å²) < 4.78 is 10.5. The van der Waals surface area contributed by atoms with Gasteiger partial charge in [0.25, 0.3) is 5.91 Å². The van der Waals surface area contributed by atoms with E-state index in [0.717, 1.165) is 12.8 Å². The third kappa shape index (κ3) is 3.18. The number of piperazine rings is 1. The Morgan fingerprint density at radius 2 is 1.95 bits per heavy atom. The van der Waals surface area contributed by atoms with Crippen LogP contribution in [0.15, 0.2) is 22.8 Å². The van der Waals surface area contributed by atoms with E-state index in [1.807, 2.05) is 0 Å². The highest BCUT2D eigenvalue weighted by atomic mass is 16.5. The van der Waals surface area contributed by atoms with Crippen molar-refractivity contribution >= 4 is 11.9 Å². The number of urea groups is 1. The molecule has 1 atom stereocenters. The Bertz CT molecular complexity index is 488. The van der Waals surface area contributed by atoms with Gasteiger partial charge in [0.1, 0.15) is 6.23 Å². The summed E-state index contributed by atoms with van der Waals surface area (Å²) in [5.41, 5.74) is 0. The Labute approximate surface area is 122 Å². The van der Waals surface area contributed by atoms with Gasteiger partial charge in [0.2, 0.25) is 0 Å². The largest absolute Gasteiger partial charge is 0.459 e. The molecule has 0 saturated carbocycles. The van der Waals surface area contributed by atoms with Crippen molar-refractivity contribution in [2.24, 2.45) is 0 Å². The van der Waals surface area contributed by atoms with Crippen LogP contribution in [0.25, 0.3) is 0 Å². The molecule has 1 unspecified atom stereocenters. The summed E-state index contributed by atoms with van der Waals surface area (Å²) in [6.07, 6.45) is 3.16. The summed E-state index contributed by atoms with van der Waals surface area (Å²) in [6.45, 7) is 2.77. The van der Waals surface area contributed by atoms with Crippen molar-refractivity contribution in [3.05, 3.63) is 24.2 Å². The molecule has 0 aromatic carbocycles. The van der Waals surface area contributed by atoms with E-state index >= 15 is 0 Å². The number of nitrogens with zero attached hydrogens (tertiary/aromatic N) is 2. The number of nitrogens with one attached hydrogen (secondary N) is 1. The van der Waals surface area contributed by atoms with Crippen LogP contribution >= 0.6 is 0 Å². The first-order valence-electron chi connectivity index (χ1n) is 7.24. The molecule has 1 N–H and O–H groups in total. The molecule has 2 aliphatic rings. The topological polar surface area (TPSA) is 75.0 Å². The van der Waals surface area contributed by atoms with Gasteiger partial charge in [-0.25, -0.2) is 4.79 Å². The number of ether oxygens (including phenoxy) is 1. The van der Waals surface area contributed by atoms with Crippen LogP contribution in [0.5, 0.6) is 0 Å². The Balaban J connectivity index is 1.48. The van der Waals surface area contributed by atoms with Crippen molar-refractivity contribution in [1.29, 1.82) is 0 Å².